The zero-order valence-electron chi connectivity index (χ0n) is 22.7. The van der Waals surface area contributed by atoms with E-state index in [1.165, 1.54) is 24.2 Å². The minimum atomic E-state index is -3.96. The van der Waals surface area contributed by atoms with Crippen molar-refractivity contribution < 1.29 is 32.1 Å². The monoisotopic (exact) mass is 540 g/mol. The van der Waals surface area contributed by atoms with Crippen LogP contribution in [0, 0.1) is 6.92 Å². The third-order valence-electron chi connectivity index (χ3n) is 7.27. The number of nitrogens with one attached hydrogen (secondary N) is 1. The lowest BCUT2D eigenvalue weighted by molar-refractivity contribution is -0.144. The van der Waals surface area contributed by atoms with Crippen LogP contribution in [0.4, 0.5) is 0 Å². The van der Waals surface area contributed by atoms with Gasteiger partial charge in [-0.2, -0.15) is 0 Å². The minimum Gasteiger partial charge on any atom is -0.467 e. The molecule has 0 bridgehead atoms. The van der Waals surface area contributed by atoms with Crippen LogP contribution in [0.2, 0.25) is 0 Å². The Bertz CT molecular complexity index is 1480. The number of rotatable bonds is 7. The number of methoxy groups -OCH3 is 1. The third kappa shape index (κ3) is 5.10. The van der Waals surface area contributed by atoms with Gasteiger partial charge in [-0.3, -0.25) is 4.79 Å². The van der Waals surface area contributed by atoms with Gasteiger partial charge in [0.2, 0.25) is 5.91 Å². The highest BCUT2D eigenvalue weighted by Gasteiger charge is 2.51. The van der Waals surface area contributed by atoms with Crippen molar-refractivity contribution in [2.24, 2.45) is 0 Å². The van der Waals surface area contributed by atoms with E-state index >= 15 is 0 Å². The molecule has 3 aromatic rings. The van der Waals surface area contributed by atoms with Crippen molar-refractivity contribution in [2.75, 3.05) is 7.11 Å². The Morgan fingerprint density at radius 2 is 1.66 bits per heavy atom. The summed E-state index contributed by atoms with van der Waals surface area (Å²) in [6.07, 6.45) is 1.51. The Kier molecular flexibility index (Phi) is 7.24. The summed E-state index contributed by atoms with van der Waals surface area (Å²) in [5.74, 6) is -1.04. The molecule has 0 spiro atoms. The smallest absolute Gasteiger partial charge is 0.467 e. The second-order valence-electron chi connectivity index (χ2n) is 10.6. The first-order valence-corrected chi connectivity index (χ1v) is 13.8. The van der Waals surface area contributed by atoms with Crippen molar-refractivity contribution in [2.45, 2.75) is 70.1 Å². The van der Waals surface area contributed by atoms with Gasteiger partial charge in [0.25, 0.3) is 10.0 Å². The van der Waals surface area contributed by atoms with Crippen molar-refractivity contribution in [1.29, 1.82) is 0 Å². The van der Waals surface area contributed by atoms with E-state index in [1.807, 2.05) is 40.7 Å². The highest BCUT2D eigenvalue weighted by molar-refractivity contribution is 7.90. The van der Waals surface area contributed by atoms with Gasteiger partial charge >= 0.3 is 13.1 Å². The summed E-state index contributed by atoms with van der Waals surface area (Å²) < 4.78 is 45.9. The molecule has 202 valence electrons. The Labute approximate surface area is 223 Å². The summed E-state index contributed by atoms with van der Waals surface area (Å²) in [7, 11) is -3.40. The molecule has 1 aromatic heterocycles. The van der Waals surface area contributed by atoms with E-state index in [0.717, 1.165) is 5.56 Å². The van der Waals surface area contributed by atoms with Crippen LogP contribution in [0.5, 0.6) is 0 Å². The highest BCUT2D eigenvalue weighted by Crippen LogP contribution is 2.37. The Balaban J connectivity index is 1.87. The molecular formula is C27H33BN2O7S. The van der Waals surface area contributed by atoms with Gasteiger partial charge in [0.05, 0.1) is 28.7 Å². The van der Waals surface area contributed by atoms with Gasteiger partial charge in [-0.25, -0.2) is 17.2 Å². The summed E-state index contributed by atoms with van der Waals surface area (Å²) in [6, 6.07) is 10.9. The zero-order valence-corrected chi connectivity index (χ0v) is 23.5. The number of benzene rings is 2. The summed E-state index contributed by atoms with van der Waals surface area (Å²) in [6.45, 7) is 11.0. The molecule has 1 N–H and O–H groups in total. The number of aromatic nitrogens is 1. The number of hydrogen-bond donors (Lipinski definition) is 1. The summed E-state index contributed by atoms with van der Waals surface area (Å²) >= 11 is 0. The summed E-state index contributed by atoms with van der Waals surface area (Å²) in [5.41, 5.74) is 1.49. The average molecular weight is 540 g/mol. The average Bonchev–Trinajstić information content (AvgIpc) is 3.31. The predicted molar refractivity (Wildman–Crippen MR) is 145 cm³/mol. The van der Waals surface area contributed by atoms with Crippen LogP contribution in [0.1, 0.15) is 45.7 Å². The molecule has 2 aromatic carbocycles. The molecule has 2 heterocycles. The van der Waals surface area contributed by atoms with Crippen LogP contribution in [0.3, 0.4) is 0 Å². The van der Waals surface area contributed by atoms with Crippen LogP contribution in [0.25, 0.3) is 10.9 Å². The van der Waals surface area contributed by atoms with Gasteiger partial charge < -0.3 is 19.4 Å². The summed E-state index contributed by atoms with van der Waals surface area (Å²) in [4.78, 5) is 24.4. The minimum absolute atomic E-state index is 0.0198. The first kappa shape index (κ1) is 27.9. The fraction of sp³-hybridized carbons (Fsp3) is 0.407. The summed E-state index contributed by atoms with van der Waals surface area (Å²) in [5, 5.41) is 3.19. The molecule has 1 atom stereocenters. The lowest BCUT2D eigenvalue weighted by atomic mass is 9.78. The third-order valence-corrected chi connectivity index (χ3v) is 8.96. The van der Waals surface area contributed by atoms with E-state index in [1.54, 1.807) is 36.4 Å². The van der Waals surface area contributed by atoms with E-state index in [9.17, 15) is 18.0 Å². The predicted octanol–water partition coefficient (Wildman–Crippen LogP) is 2.71. The molecule has 9 nitrogen and oxygen atoms in total. The molecule has 0 radical (unpaired) electrons. The molecular weight excluding hydrogens is 507 g/mol. The molecule has 1 aliphatic rings. The highest BCUT2D eigenvalue weighted by atomic mass is 32.2. The maximum absolute atomic E-state index is 13.7. The molecule has 1 amide bonds. The molecule has 1 saturated heterocycles. The lowest BCUT2D eigenvalue weighted by Crippen LogP contribution is -2.42. The number of fused-ring (bicyclic) bond motifs is 1. The van der Waals surface area contributed by atoms with Crippen molar-refractivity contribution in [3.05, 3.63) is 59.8 Å². The zero-order chi connectivity index (χ0) is 28.0. The molecule has 1 fully saturated rings. The molecule has 11 heteroatoms. The second kappa shape index (κ2) is 9.87. The van der Waals surface area contributed by atoms with Crippen molar-refractivity contribution in [3.63, 3.8) is 0 Å². The molecule has 0 saturated carbocycles. The lowest BCUT2D eigenvalue weighted by Gasteiger charge is -2.32. The van der Waals surface area contributed by atoms with E-state index in [0.29, 0.717) is 21.9 Å². The first-order valence-electron chi connectivity index (χ1n) is 12.3. The Morgan fingerprint density at radius 1 is 1.05 bits per heavy atom. The number of amides is 1. The van der Waals surface area contributed by atoms with Gasteiger partial charge in [0, 0.05) is 24.9 Å². The molecule has 0 unspecified atom stereocenters. The maximum atomic E-state index is 13.7. The number of ether oxygens (including phenoxy) is 1. The molecule has 4 rings (SSSR count). The van der Waals surface area contributed by atoms with Crippen LogP contribution in [-0.2, 0) is 40.1 Å². The van der Waals surface area contributed by atoms with E-state index in [2.05, 4.69) is 5.32 Å². The maximum Gasteiger partial charge on any atom is 0.494 e. The van der Waals surface area contributed by atoms with Crippen LogP contribution in [-0.4, -0.2) is 55.7 Å². The SMILES string of the molecule is COC(=O)[C@@H](Cc1cn(S(=O)(=O)c2ccc(C)cc2)c2ccc(B3OC(C)(C)C(C)(C)O3)cc12)NC(C)=O. The second-order valence-corrected chi connectivity index (χ2v) is 12.4. The normalized spacial score (nSPS) is 17.4. The first-order chi connectivity index (χ1) is 17.7. The number of hydrogen-bond acceptors (Lipinski definition) is 7. The van der Waals surface area contributed by atoms with Gasteiger partial charge in [-0.15, -0.1) is 0 Å². The van der Waals surface area contributed by atoms with Crippen LogP contribution in [0.15, 0.2) is 53.6 Å². The van der Waals surface area contributed by atoms with Crippen LogP contribution >= 0.6 is 0 Å². The molecule has 0 aliphatic carbocycles. The number of esters is 1. The van der Waals surface area contributed by atoms with Gasteiger partial charge in [0.15, 0.2) is 0 Å². The van der Waals surface area contributed by atoms with Crippen molar-refractivity contribution >= 4 is 45.4 Å². The fourth-order valence-electron chi connectivity index (χ4n) is 4.40. The van der Waals surface area contributed by atoms with Crippen molar-refractivity contribution in [3.8, 4) is 0 Å². The fourth-order valence-corrected chi connectivity index (χ4v) is 5.79. The van der Waals surface area contributed by atoms with E-state index in [-0.39, 0.29) is 11.3 Å². The number of nitrogens with zero attached hydrogens (tertiary/aromatic N) is 1. The number of aryl methyl sites for hydroxylation is 1. The molecule has 38 heavy (non-hydrogen) atoms. The Morgan fingerprint density at radius 3 is 2.21 bits per heavy atom. The van der Waals surface area contributed by atoms with E-state index in [4.69, 9.17) is 14.0 Å². The van der Waals surface area contributed by atoms with Gasteiger partial charge in [0.1, 0.15) is 6.04 Å². The van der Waals surface area contributed by atoms with Crippen molar-refractivity contribution in [1.82, 2.24) is 9.29 Å². The Hall–Kier alpha value is -3.15. The largest absolute Gasteiger partial charge is 0.494 e. The number of carbonyl (C=O) groups excluding carboxylic acids is 2. The van der Waals surface area contributed by atoms with E-state index < -0.39 is 46.3 Å². The van der Waals surface area contributed by atoms with Crippen LogP contribution < -0.4 is 10.8 Å². The quantitative estimate of drug-likeness (QED) is 0.362. The molecule has 1 aliphatic heterocycles. The van der Waals surface area contributed by atoms with Gasteiger partial charge in [-0.05, 0) is 63.8 Å². The standard InChI is InChI=1S/C27H33BN2O7S/c1-17-8-11-21(12-9-17)38(33,34)30-16-19(14-23(25(32)35-7)29-18(2)31)22-15-20(10-13-24(22)30)28-36-26(3,4)27(5,6)37-28/h8-13,15-16,23H,14H2,1-7H3,(H,29,31)/t23-/m1/s1. The topological polar surface area (TPSA) is 113 Å². The van der Waals surface area contributed by atoms with Gasteiger partial charge in [-0.1, -0.05) is 29.8 Å². The number of carbonyl (C=O) groups is 2.